The lowest BCUT2D eigenvalue weighted by atomic mass is 10.1. The topological polar surface area (TPSA) is 58.6 Å². The molecule has 5 heteroatoms. The van der Waals surface area contributed by atoms with Crippen molar-refractivity contribution >= 4 is 11.8 Å². The van der Waals surface area contributed by atoms with Gasteiger partial charge in [-0.1, -0.05) is 19.1 Å². The summed E-state index contributed by atoms with van der Waals surface area (Å²) < 4.78 is 5.18. The van der Waals surface area contributed by atoms with E-state index in [1.807, 2.05) is 31.2 Å². The lowest BCUT2D eigenvalue weighted by Gasteiger charge is -2.15. The van der Waals surface area contributed by atoms with Crippen LogP contribution in [0.4, 0.5) is 0 Å². The van der Waals surface area contributed by atoms with Gasteiger partial charge in [-0.15, -0.1) is 0 Å². The number of ether oxygens (including phenoxy) is 1. The number of carbonyl (C=O) groups is 2. The number of hydrogen-bond acceptors (Lipinski definition) is 3. The van der Waals surface area contributed by atoms with Gasteiger partial charge < -0.3 is 15.0 Å². The number of nitrogens with zero attached hydrogens (tertiary/aromatic N) is 1. The van der Waals surface area contributed by atoms with Crippen molar-refractivity contribution in [2.75, 3.05) is 26.7 Å². The Morgan fingerprint density at radius 2 is 2.27 bits per heavy atom. The van der Waals surface area contributed by atoms with Crippen LogP contribution in [0.2, 0.25) is 0 Å². The number of carbonyl (C=O) groups excluding carboxylic acids is 2. The van der Waals surface area contributed by atoms with Crippen molar-refractivity contribution in [3.05, 3.63) is 29.8 Å². The van der Waals surface area contributed by atoms with Crippen LogP contribution in [-0.2, 0) is 16.0 Å². The zero-order valence-electron chi connectivity index (χ0n) is 13.3. The van der Waals surface area contributed by atoms with E-state index in [4.69, 9.17) is 4.74 Å². The summed E-state index contributed by atoms with van der Waals surface area (Å²) in [5, 5.41) is 2.94. The van der Waals surface area contributed by atoms with Crippen molar-refractivity contribution in [1.82, 2.24) is 10.2 Å². The second-order valence-corrected chi connectivity index (χ2v) is 5.63. The molecule has 1 saturated heterocycles. The molecule has 2 amide bonds. The summed E-state index contributed by atoms with van der Waals surface area (Å²) in [6, 6.07) is 7.81. The first-order chi connectivity index (χ1) is 10.6. The summed E-state index contributed by atoms with van der Waals surface area (Å²) in [6.07, 6.45) is 2.02. The number of benzene rings is 1. The Labute approximate surface area is 131 Å². The van der Waals surface area contributed by atoms with Gasteiger partial charge in [-0.2, -0.15) is 0 Å². The molecule has 0 radical (unpaired) electrons. The summed E-state index contributed by atoms with van der Waals surface area (Å²) >= 11 is 0. The molecule has 1 unspecified atom stereocenters. The quantitative estimate of drug-likeness (QED) is 0.832. The van der Waals surface area contributed by atoms with Crippen molar-refractivity contribution in [2.24, 2.45) is 5.92 Å². The Bertz CT molecular complexity index is 530. The van der Waals surface area contributed by atoms with E-state index in [1.54, 1.807) is 12.0 Å². The van der Waals surface area contributed by atoms with Gasteiger partial charge >= 0.3 is 0 Å². The van der Waals surface area contributed by atoms with Crippen molar-refractivity contribution in [3.63, 3.8) is 0 Å². The molecule has 0 aromatic heterocycles. The molecule has 1 aromatic rings. The van der Waals surface area contributed by atoms with Crippen molar-refractivity contribution < 1.29 is 14.3 Å². The van der Waals surface area contributed by atoms with Gasteiger partial charge in [0.25, 0.3) is 0 Å². The predicted molar refractivity (Wildman–Crippen MR) is 84.7 cm³/mol. The second-order valence-electron chi connectivity index (χ2n) is 5.63. The third kappa shape index (κ3) is 4.23. The van der Waals surface area contributed by atoms with E-state index >= 15 is 0 Å². The highest BCUT2D eigenvalue weighted by atomic mass is 16.5. The minimum atomic E-state index is -0.204. The van der Waals surface area contributed by atoms with Crippen LogP contribution in [0, 0.1) is 5.92 Å². The molecule has 22 heavy (non-hydrogen) atoms. The maximum atomic E-state index is 12.1. The first kappa shape index (κ1) is 16.3. The molecule has 1 aliphatic rings. The summed E-state index contributed by atoms with van der Waals surface area (Å²) in [5.41, 5.74) is 1.12. The molecule has 1 aromatic carbocycles. The van der Waals surface area contributed by atoms with Crippen LogP contribution < -0.4 is 10.1 Å². The number of hydrogen-bond donors (Lipinski definition) is 1. The number of rotatable bonds is 7. The SMILES string of the molecule is CCCN1CC(C(=O)NCCc2cccc(OC)c2)CC1=O. The average molecular weight is 304 g/mol. The zero-order valence-corrected chi connectivity index (χ0v) is 13.3. The molecule has 1 heterocycles. The molecule has 5 nitrogen and oxygen atoms in total. The van der Waals surface area contributed by atoms with Gasteiger partial charge in [0, 0.05) is 26.1 Å². The maximum Gasteiger partial charge on any atom is 0.225 e. The van der Waals surface area contributed by atoms with Gasteiger partial charge in [0.15, 0.2) is 0 Å². The van der Waals surface area contributed by atoms with Crippen molar-refractivity contribution in [1.29, 1.82) is 0 Å². The van der Waals surface area contributed by atoms with Gasteiger partial charge in [-0.05, 0) is 30.5 Å². The van der Waals surface area contributed by atoms with Gasteiger partial charge in [0.1, 0.15) is 5.75 Å². The molecule has 1 aliphatic heterocycles. The van der Waals surface area contributed by atoms with Crippen molar-refractivity contribution in [2.45, 2.75) is 26.2 Å². The van der Waals surface area contributed by atoms with Gasteiger partial charge in [0.2, 0.25) is 11.8 Å². The highest BCUT2D eigenvalue weighted by Crippen LogP contribution is 2.18. The highest BCUT2D eigenvalue weighted by molar-refractivity contribution is 5.89. The normalized spacial score (nSPS) is 17.6. The molecule has 0 spiro atoms. The van der Waals surface area contributed by atoms with E-state index in [9.17, 15) is 9.59 Å². The van der Waals surface area contributed by atoms with Crippen LogP contribution in [0.15, 0.2) is 24.3 Å². The highest BCUT2D eigenvalue weighted by Gasteiger charge is 2.33. The van der Waals surface area contributed by atoms with E-state index in [2.05, 4.69) is 5.32 Å². The summed E-state index contributed by atoms with van der Waals surface area (Å²) in [4.78, 5) is 25.7. The summed E-state index contributed by atoms with van der Waals surface area (Å²) in [5.74, 6) is 0.689. The lowest BCUT2D eigenvalue weighted by molar-refractivity contribution is -0.129. The van der Waals surface area contributed by atoms with E-state index in [0.29, 0.717) is 19.5 Å². The molecule has 1 atom stereocenters. The number of amides is 2. The predicted octanol–water partition coefficient (Wildman–Crippen LogP) is 1.61. The average Bonchev–Trinajstić information content (AvgIpc) is 2.89. The lowest BCUT2D eigenvalue weighted by Crippen LogP contribution is -2.34. The van der Waals surface area contributed by atoms with Crippen LogP contribution in [0.5, 0.6) is 5.75 Å². The van der Waals surface area contributed by atoms with Gasteiger partial charge in [0.05, 0.1) is 13.0 Å². The Hall–Kier alpha value is -2.04. The van der Waals surface area contributed by atoms with Crippen molar-refractivity contribution in [3.8, 4) is 5.75 Å². The van der Waals surface area contributed by atoms with E-state index < -0.39 is 0 Å². The molecule has 1 fully saturated rings. The standard InChI is InChI=1S/C17H24N2O3/c1-3-9-19-12-14(11-16(19)20)17(21)18-8-7-13-5-4-6-15(10-13)22-2/h4-6,10,14H,3,7-9,11-12H2,1-2H3,(H,18,21). The Balaban J connectivity index is 1.77. The molecule has 0 bridgehead atoms. The van der Waals surface area contributed by atoms with E-state index in [1.165, 1.54) is 0 Å². The number of likely N-dealkylation sites (tertiary alicyclic amines) is 1. The molecule has 1 N–H and O–H groups in total. The fourth-order valence-electron chi connectivity index (χ4n) is 2.74. The fraction of sp³-hybridized carbons (Fsp3) is 0.529. The van der Waals surface area contributed by atoms with Gasteiger partial charge in [-0.25, -0.2) is 0 Å². The van der Waals surface area contributed by atoms with Crippen LogP contribution >= 0.6 is 0 Å². The first-order valence-corrected chi connectivity index (χ1v) is 7.82. The molecular formula is C17H24N2O3. The smallest absolute Gasteiger partial charge is 0.225 e. The third-order valence-corrected chi connectivity index (χ3v) is 3.93. The number of nitrogens with one attached hydrogen (secondary N) is 1. The van der Waals surface area contributed by atoms with Crippen LogP contribution in [0.25, 0.3) is 0 Å². The zero-order chi connectivity index (χ0) is 15.9. The maximum absolute atomic E-state index is 12.1. The largest absolute Gasteiger partial charge is 0.497 e. The van der Waals surface area contributed by atoms with Crippen LogP contribution in [0.1, 0.15) is 25.3 Å². The summed E-state index contributed by atoms with van der Waals surface area (Å²) in [7, 11) is 1.64. The minimum Gasteiger partial charge on any atom is -0.497 e. The third-order valence-electron chi connectivity index (χ3n) is 3.93. The first-order valence-electron chi connectivity index (χ1n) is 7.82. The second kappa shape index (κ2) is 7.82. The molecule has 0 aliphatic carbocycles. The molecule has 120 valence electrons. The molecule has 0 saturated carbocycles. The Morgan fingerprint density at radius 1 is 1.45 bits per heavy atom. The molecular weight excluding hydrogens is 280 g/mol. The van der Waals surface area contributed by atoms with Gasteiger partial charge in [-0.3, -0.25) is 9.59 Å². The van der Waals surface area contributed by atoms with E-state index in [0.717, 1.165) is 30.7 Å². The van der Waals surface area contributed by atoms with Crippen LogP contribution in [0.3, 0.4) is 0 Å². The Kier molecular flexibility index (Phi) is 5.81. The number of methoxy groups -OCH3 is 1. The minimum absolute atomic E-state index is 0.0187. The van der Waals surface area contributed by atoms with Crippen LogP contribution in [-0.4, -0.2) is 43.5 Å². The Morgan fingerprint density at radius 3 is 3.00 bits per heavy atom. The summed E-state index contributed by atoms with van der Waals surface area (Å²) in [6.45, 7) is 3.91. The fourth-order valence-corrected chi connectivity index (χ4v) is 2.74. The monoisotopic (exact) mass is 304 g/mol. The molecule has 2 rings (SSSR count). The van der Waals surface area contributed by atoms with E-state index in [-0.39, 0.29) is 17.7 Å².